The van der Waals surface area contributed by atoms with Crippen LogP contribution >= 0.6 is 34.8 Å². The molecule has 0 aliphatic rings. The van der Waals surface area contributed by atoms with Gasteiger partial charge in [0.2, 0.25) is 0 Å². The second kappa shape index (κ2) is 18.6. The van der Waals surface area contributed by atoms with Gasteiger partial charge in [-0.15, -0.1) is 0 Å². The monoisotopic (exact) mass is 952 g/mol. The molecule has 0 saturated carbocycles. The molecule has 2 atom stereocenters. The molecule has 0 amide bonds. The van der Waals surface area contributed by atoms with Gasteiger partial charge >= 0.3 is 0 Å². The fourth-order valence-electron chi connectivity index (χ4n) is 6.75. The molecular formula is C42H30Cl3F3N16O2. The number of aryl methyl sites for hydroxylation is 2. The minimum atomic E-state index is -0.829. The molecule has 24 heteroatoms. The minimum absolute atomic E-state index is 0.000191. The van der Waals surface area contributed by atoms with E-state index < -0.39 is 40.7 Å². The van der Waals surface area contributed by atoms with Crippen molar-refractivity contribution in [1.29, 1.82) is 10.5 Å². The van der Waals surface area contributed by atoms with Crippen molar-refractivity contribution in [3.8, 4) is 23.5 Å². The first-order chi connectivity index (χ1) is 31.4. The number of nitrogen functional groups attached to an aromatic ring is 2. The van der Waals surface area contributed by atoms with E-state index in [0.29, 0.717) is 11.6 Å². The Kier molecular flexibility index (Phi) is 13.0. The van der Waals surface area contributed by atoms with Gasteiger partial charge in [-0.3, -0.25) is 28.7 Å². The van der Waals surface area contributed by atoms with Crippen LogP contribution in [-0.2, 0) is 0 Å². The predicted octanol–water partition coefficient (Wildman–Crippen LogP) is 7.39. The summed E-state index contributed by atoms with van der Waals surface area (Å²) in [5.41, 5.74) is 10.5. The Hall–Kier alpha value is -7.98. The smallest absolute Gasteiger partial charge is 0.267 e. The van der Waals surface area contributed by atoms with Crippen molar-refractivity contribution in [1.82, 2.24) is 49.0 Å². The van der Waals surface area contributed by atoms with Crippen LogP contribution in [0.4, 0.5) is 36.4 Å². The van der Waals surface area contributed by atoms with Crippen LogP contribution in [0.2, 0.25) is 15.1 Å². The van der Waals surface area contributed by atoms with Gasteiger partial charge in [-0.25, -0.2) is 43.1 Å². The number of rotatable bonds is 8. The number of nitriles is 2. The van der Waals surface area contributed by atoms with Crippen LogP contribution in [0.25, 0.3) is 33.2 Å². The minimum Gasteiger partial charge on any atom is -0.382 e. The molecule has 0 unspecified atom stereocenters. The molecule has 66 heavy (non-hydrogen) atoms. The van der Waals surface area contributed by atoms with Crippen LogP contribution in [-0.4, -0.2) is 49.0 Å². The van der Waals surface area contributed by atoms with E-state index in [1.54, 1.807) is 27.7 Å². The van der Waals surface area contributed by atoms with Crippen molar-refractivity contribution in [2.24, 2.45) is 0 Å². The van der Waals surface area contributed by atoms with Crippen molar-refractivity contribution in [2.75, 3.05) is 22.1 Å². The number of nitrogens with zero attached hydrogens (tertiary/aromatic N) is 12. The SMILES string of the molecule is Cc1nc(N)c(C#N)c(N[C@@H](C)c2nc3c(Cl)ccc(Cl)c3c(=O)n2-c2cncc(F)c2)n1.Cc1nc(N)c(C#N)c(N[C@@H](C)c2nc3c(F)ccc(Cl)c3c(=O)n2-c2cncc(F)c2)n1. The van der Waals surface area contributed by atoms with Gasteiger partial charge in [0.1, 0.15) is 81.2 Å². The summed E-state index contributed by atoms with van der Waals surface area (Å²) in [6.07, 6.45) is 4.57. The van der Waals surface area contributed by atoms with E-state index in [0.717, 1.165) is 35.2 Å². The van der Waals surface area contributed by atoms with Crippen LogP contribution < -0.4 is 33.2 Å². The van der Waals surface area contributed by atoms with Gasteiger partial charge in [0.05, 0.1) is 79.6 Å². The molecule has 0 bridgehead atoms. The zero-order valence-corrected chi connectivity index (χ0v) is 36.8. The first-order valence-electron chi connectivity index (χ1n) is 19.1. The van der Waals surface area contributed by atoms with Crippen molar-refractivity contribution in [3.63, 3.8) is 0 Å². The quantitative estimate of drug-likeness (QED) is 0.116. The number of fused-ring (bicyclic) bond motifs is 2. The molecular weight excluding hydrogens is 924 g/mol. The lowest BCUT2D eigenvalue weighted by Gasteiger charge is -2.21. The number of nitrogens with two attached hydrogens (primary N) is 2. The normalized spacial score (nSPS) is 11.9. The van der Waals surface area contributed by atoms with Crippen molar-refractivity contribution in [2.45, 2.75) is 39.8 Å². The maximum Gasteiger partial charge on any atom is 0.267 e. The molecule has 0 aliphatic carbocycles. The van der Waals surface area contributed by atoms with Gasteiger partial charge in [-0.2, -0.15) is 10.5 Å². The van der Waals surface area contributed by atoms with Crippen molar-refractivity contribution < 1.29 is 13.2 Å². The number of hydrogen-bond acceptors (Lipinski definition) is 16. The fraction of sp³-hybridized carbons (Fsp3) is 0.143. The van der Waals surface area contributed by atoms with Crippen molar-refractivity contribution >= 4 is 79.9 Å². The maximum absolute atomic E-state index is 14.6. The fourth-order valence-corrected chi connectivity index (χ4v) is 7.42. The molecule has 0 saturated heterocycles. The molecule has 0 radical (unpaired) electrons. The highest BCUT2D eigenvalue weighted by Crippen LogP contribution is 2.31. The van der Waals surface area contributed by atoms with Gasteiger partial charge in [-0.05, 0) is 52.0 Å². The Morgan fingerprint density at radius 1 is 0.621 bits per heavy atom. The topological polar surface area (TPSA) is 271 Å². The zero-order valence-electron chi connectivity index (χ0n) is 34.5. The first-order valence-corrected chi connectivity index (χ1v) is 20.2. The number of benzene rings is 2. The van der Waals surface area contributed by atoms with Crippen LogP contribution in [0.3, 0.4) is 0 Å². The summed E-state index contributed by atoms with van der Waals surface area (Å²) >= 11 is 18.8. The van der Waals surface area contributed by atoms with Gasteiger partial charge < -0.3 is 22.1 Å². The van der Waals surface area contributed by atoms with Crippen LogP contribution in [0, 0.1) is 54.0 Å². The van der Waals surface area contributed by atoms with Gasteiger partial charge in [0.25, 0.3) is 11.1 Å². The predicted molar refractivity (Wildman–Crippen MR) is 241 cm³/mol. The molecule has 6 N–H and O–H groups in total. The highest BCUT2D eigenvalue weighted by Gasteiger charge is 2.25. The number of nitrogens with one attached hydrogen (secondary N) is 2. The third kappa shape index (κ3) is 8.90. The number of aromatic nitrogens is 10. The average molecular weight is 954 g/mol. The third-order valence-electron chi connectivity index (χ3n) is 9.60. The van der Waals surface area contributed by atoms with Gasteiger partial charge in [0.15, 0.2) is 11.6 Å². The number of hydrogen-bond donors (Lipinski definition) is 4. The summed E-state index contributed by atoms with van der Waals surface area (Å²) < 4.78 is 44.8. The Morgan fingerprint density at radius 2 is 1.03 bits per heavy atom. The molecule has 6 aromatic heterocycles. The van der Waals surface area contributed by atoms with E-state index in [2.05, 4.69) is 50.5 Å². The molecule has 0 aliphatic heterocycles. The van der Waals surface area contributed by atoms with Crippen LogP contribution in [0.5, 0.6) is 0 Å². The van der Waals surface area contributed by atoms with E-state index in [-0.39, 0.29) is 94.3 Å². The number of pyridine rings is 2. The molecule has 2 aromatic carbocycles. The zero-order chi connectivity index (χ0) is 47.7. The number of halogens is 6. The van der Waals surface area contributed by atoms with E-state index in [1.165, 1.54) is 35.2 Å². The Bertz CT molecular complexity index is 3260. The Labute approximate surface area is 385 Å². The van der Waals surface area contributed by atoms with E-state index in [4.69, 9.17) is 46.3 Å². The molecule has 0 spiro atoms. The lowest BCUT2D eigenvalue weighted by Crippen LogP contribution is -2.28. The average Bonchev–Trinajstić information content (AvgIpc) is 3.25. The maximum atomic E-state index is 14.6. The number of anilines is 4. The van der Waals surface area contributed by atoms with E-state index >= 15 is 0 Å². The summed E-state index contributed by atoms with van der Waals surface area (Å²) in [5.74, 6) is -1.07. The summed E-state index contributed by atoms with van der Waals surface area (Å²) in [5, 5.41) is 25.2. The first kappa shape index (κ1) is 46.0. The summed E-state index contributed by atoms with van der Waals surface area (Å²) in [7, 11) is 0. The molecule has 332 valence electrons. The van der Waals surface area contributed by atoms with E-state index in [9.17, 15) is 33.3 Å². The molecule has 0 fully saturated rings. The van der Waals surface area contributed by atoms with Gasteiger partial charge in [-0.1, -0.05) is 34.8 Å². The third-order valence-corrected chi connectivity index (χ3v) is 10.5. The second-order valence-electron chi connectivity index (χ2n) is 14.2. The second-order valence-corrected chi connectivity index (χ2v) is 15.4. The van der Waals surface area contributed by atoms with Crippen LogP contribution in [0.1, 0.15) is 60.4 Å². The highest BCUT2D eigenvalue weighted by molar-refractivity contribution is 6.39. The molecule has 8 rings (SSSR count). The molecule has 18 nitrogen and oxygen atoms in total. The summed E-state index contributed by atoms with van der Waals surface area (Å²) in [4.78, 5) is 59.9. The standard InChI is InChI=1S/C21H15Cl2FN8O.C21H15ClF2N8O/c1-9(28-19-13(6-25)18(26)29-10(2)30-19)20-31-17-15(23)4-3-14(22)16(17)21(33)32(20)12-5-11(24)7-27-8-12;1-9(28-19-13(6-25)18(26)29-10(2)30-19)20-31-17-15(24)4-3-14(22)16(17)21(33)32(20)12-5-11(23)7-27-8-12/h2*3-5,7-9H,1-2H3,(H3,26,28,29,30)/t2*9-/m00/s1. The lowest BCUT2D eigenvalue weighted by molar-refractivity contribution is 0.616. The summed E-state index contributed by atoms with van der Waals surface area (Å²) in [6.45, 7) is 6.50. The van der Waals surface area contributed by atoms with Gasteiger partial charge in [0, 0.05) is 12.1 Å². The summed E-state index contributed by atoms with van der Waals surface area (Å²) in [6, 6.07) is 9.89. The van der Waals surface area contributed by atoms with Crippen LogP contribution in [0.15, 0.2) is 70.8 Å². The molecule has 6 heterocycles. The van der Waals surface area contributed by atoms with E-state index in [1.807, 2.05) is 12.1 Å². The van der Waals surface area contributed by atoms with Crippen molar-refractivity contribution in [3.05, 3.63) is 149 Å². The Morgan fingerprint density at radius 3 is 1.47 bits per heavy atom. The Balaban J connectivity index is 0.000000196. The lowest BCUT2D eigenvalue weighted by atomic mass is 10.2. The highest BCUT2D eigenvalue weighted by atomic mass is 35.5. The largest absolute Gasteiger partial charge is 0.382 e. The molecule has 8 aromatic rings.